The van der Waals surface area contributed by atoms with Crippen molar-refractivity contribution in [1.29, 1.82) is 0 Å². The first-order chi connectivity index (χ1) is 19.0. The number of anilines is 1. The largest absolute Gasteiger partial charge is 0.497 e. The van der Waals surface area contributed by atoms with Crippen LogP contribution in [-0.2, 0) is 9.59 Å². The number of amides is 2. The molecular weight excluding hydrogens is 516 g/mol. The van der Waals surface area contributed by atoms with Crippen molar-refractivity contribution < 1.29 is 23.8 Å². The zero-order valence-electron chi connectivity index (χ0n) is 21.4. The lowest BCUT2D eigenvalue weighted by Crippen LogP contribution is -2.25. The maximum absolute atomic E-state index is 12.9. The zero-order chi connectivity index (χ0) is 26.9. The predicted octanol–water partition coefficient (Wildman–Crippen LogP) is 4.91. The molecule has 198 valence electrons. The fraction of sp³-hybridized carbons (Fsp3) is 0.241. The van der Waals surface area contributed by atoms with E-state index in [1.165, 1.54) is 11.8 Å². The SMILES string of the molecule is COc1ccc(C2=NN(C3=NC(=O)[C@@H](CC(=O)Nc4ccc5c(c4)OCO5)S3)[C@@H](c3ccc(C)cc3)C2)cc1. The Balaban J connectivity index is 1.19. The molecule has 3 heterocycles. The van der Waals surface area contributed by atoms with Gasteiger partial charge in [0.25, 0.3) is 5.91 Å². The first-order valence-corrected chi connectivity index (χ1v) is 13.4. The van der Waals surface area contributed by atoms with Crippen LogP contribution in [0.3, 0.4) is 0 Å². The number of methoxy groups -OCH3 is 1. The van der Waals surface area contributed by atoms with Gasteiger partial charge in [0, 0.05) is 24.6 Å². The summed E-state index contributed by atoms with van der Waals surface area (Å²) in [7, 11) is 1.63. The van der Waals surface area contributed by atoms with E-state index in [2.05, 4.69) is 34.6 Å². The van der Waals surface area contributed by atoms with Crippen LogP contribution in [0.1, 0.15) is 35.6 Å². The van der Waals surface area contributed by atoms with Gasteiger partial charge in [0.15, 0.2) is 16.7 Å². The number of hydrogen-bond acceptors (Lipinski definition) is 8. The smallest absolute Gasteiger partial charge is 0.262 e. The van der Waals surface area contributed by atoms with Crippen molar-refractivity contribution in [2.24, 2.45) is 10.1 Å². The number of thioether (sulfide) groups is 1. The Morgan fingerprint density at radius 3 is 2.62 bits per heavy atom. The van der Waals surface area contributed by atoms with Crippen LogP contribution in [0.15, 0.2) is 76.8 Å². The number of carbonyl (C=O) groups excluding carboxylic acids is 2. The van der Waals surface area contributed by atoms with Gasteiger partial charge in [-0.2, -0.15) is 10.1 Å². The van der Waals surface area contributed by atoms with Gasteiger partial charge in [0.2, 0.25) is 12.7 Å². The number of hydrogen-bond donors (Lipinski definition) is 1. The summed E-state index contributed by atoms with van der Waals surface area (Å²) in [5.74, 6) is 1.36. The van der Waals surface area contributed by atoms with Crippen molar-refractivity contribution in [3.63, 3.8) is 0 Å². The summed E-state index contributed by atoms with van der Waals surface area (Å²) in [6.45, 7) is 2.20. The molecule has 0 aromatic heterocycles. The van der Waals surface area contributed by atoms with Crippen LogP contribution < -0.4 is 19.5 Å². The van der Waals surface area contributed by atoms with E-state index in [1.54, 1.807) is 25.3 Å². The maximum atomic E-state index is 12.9. The van der Waals surface area contributed by atoms with Crippen LogP contribution in [0.25, 0.3) is 0 Å². The third-order valence-electron chi connectivity index (χ3n) is 6.75. The summed E-state index contributed by atoms with van der Waals surface area (Å²) < 4.78 is 16.0. The normalized spacial score (nSPS) is 19.6. The van der Waals surface area contributed by atoms with Crippen molar-refractivity contribution in [3.8, 4) is 17.2 Å². The molecule has 6 rings (SSSR count). The van der Waals surface area contributed by atoms with E-state index >= 15 is 0 Å². The number of amidine groups is 1. The standard InChI is InChI=1S/C29H26N4O5S/c1-17-3-5-19(6-4-17)23-14-22(18-7-10-21(36-2)11-8-18)32-33(23)29-31-28(35)26(39-29)15-27(34)30-20-9-12-24-25(13-20)38-16-37-24/h3-13,23,26H,14-16H2,1-2H3,(H,30,34)/t23-,26-/m1/s1. The maximum Gasteiger partial charge on any atom is 0.262 e. The summed E-state index contributed by atoms with van der Waals surface area (Å²) in [6.07, 6.45) is 0.640. The van der Waals surface area contributed by atoms with Crippen LogP contribution >= 0.6 is 11.8 Å². The number of fused-ring (bicyclic) bond motifs is 1. The highest BCUT2D eigenvalue weighted by Crippen LogP contribution is 2.39. The van der Waals surface area contributed by atoms with Crippen LogP contribution in [0.5, 0.6) is 17.2 Å². The summed E-state index contributed by atoms with van der Waals surface area (Å²) in [5.41, 5.74) is 4.69. The molecule has 0 aliphatic carbocycles. The average molecular weight is 543 g/mol. The highest BCUT2D eigenvalue weighted by atomic mass is 32.2. The topological polar surface area (TPSA) is 102 Å². The minimum absolute atomic E-state index is 0.0109. The van der Waals surface area contributed by atoms with Crippen molar-refractivity contribution in [2.45, 2.75) is 31.1 Å². The number of nitrogens with zero attached hydrogens (tertiary/aromatic N) is 3. The molecule has 0 saturated heterocycles. The highest BCUT2D eigenvalue weighted by molar-refractivity contribution is 8.15. The number of carbonyl (C=O) groups is 2. The monoisotopic (exact) mass is 542 g/mol. The van der Waals surface area contributed by atoms with Crippen molar-refractivity contribution in [1.82, 2.24) is 5.01 Å². The van der Waals surface area contributed by atoms with Gasteiger partial charge < -0.3 is 19.5 Å². The van der Waals surface area contributed by atoms with E-state index in [0.717, 1.165) is 28.2 Å². The van der Waals surface area contributed by atoms with E-state index in [-0.39, 0.29) is 31.1 Å². The van der Waals surface area contributed by atoms with Gasteiger partial charge in [0.1, 0.15) is 11.0 Å². The molecule has 0 bridgehead atoms. The van der Waals surface area contributed by atoms with E-state index in [9.17, 15) is 9.59 Å². The first kappa shape index (κ1) is 25.0. The van der Waals surface area contributed by atoms with E-state index in [1.807, 2.05) is 36.2 Å². The summed E-state index contributed by atoms with van der Waals surface area (Å²) in [4.78, 5) is 30.0. The summed E-state index contributed by atoms with van der Waals surface area (Å²) >= 11 is 1.27. The number of aliphatic imine (C=N–C) groups is 1. The number of rotatable bonds is 6. The number of hydrazone groups is 1. The molecule has 0 saturated carbocycles. The Labute approximate surface area is 229 Å². The van der Waals surface area contributed by atoms with Crippen LogP contribution in [0.4, 0.5) is 5.69 Å². The first-order valence-electron chi connectivity index (χ1n) is 12.5. The zero-order valence-corrected chi connectivity index (χ0v) is 22.2. The molecule has 10 heteroatoms. The Kier molecular flexibility index (Phi) is 6.70. The summed E-state index contributed by atoms with van der Waals surface area (Å²) in [6, 6.07) is 21.1. The van der Waals surface area contributed by atoms with Gasteiger partial charge in [-0.15, -0.1) is 0 Å². The number of ether oxygens (including phenoxy) is 3. The lowest BCUT2D eigenvalue weighted by atomic mass is 9.98. The highest BCUT2D eigenvalue weighted by Gasteiger charge is 2.39. The van der Waals surface area contributed by atoms with Gasteiger partial charge in [0.05, 0.1) is 18.9 Å². The number of aryl methyl sites for hydroxylation is 1. The third kappa shape index (κ3) is 5.20. The Morgan fingerprint density at radius 1 is 1.08 bits per heavy atom. The van der Waals surface area contributed by atoms with E-state index in [0.29, 0.717) is 28.8 Å². The van der Waals surface area contributed by atoms with Gasteiger partial charge in [-0.1, -0.05) is 41.6 Å². The van der Waals surface area contributed by atoms with E-state index in [4.69, 9.17) is 19.3 Å². The second kappa shape index (κ2) is 10.5. The molecule has 1 N–H and O–H groups in total. The van der Waals surface area contributed by atoms with Crippen molar-refractivity contribution >= 4 is 40.1 Å². The fourth-order valence-electron chi connectivity index (χ4n) is 4.65. The molecular formula is C29H26N4O5S. The molecule has 39 heavy (non-hydrogen) atoms. The molecule has 0 unspecified atom stereocenters. The molecule has 9 nitrogen and oxygen atoms in total. The molecule has 0 radical (unpaired) electrons. The summed E-state index contributed by atoms with van der Waals surface area (Å²) in [5, 5.41) is 9.43. The van der Waals surface area contributed by atoms with Gasteiger partial charge in [-0.3, -0.25) is 9.59 Å². The lowest BCUT2D eigenvalue weighted by molar-refractivity contribution is -0.121. The molecule has 3 aromatic carbocycles. The molecule has 0 fully saturated rings. The lowest BCUT2D eigenvalue weighted by Gasteiger charge is -2.23. The molecule has 2 amide bonds. The second-order valence-electron chi connectivity index (χ2n) is 9.41. The molecule has 0 spiro atoms. The van der Waals surface area contributed by atoms with E-state index < -0.39 is 5.25 Å². The van der Waals surface area contributed by atoms with Crippen LogP contribution in [0, 0.1) is 6.92 Å². The minimum Gasteiger partial charge on any atom is -0.497 e. The van der Waals surface area contributed by atoms with Gasteiger partial charge >= 0.3 is 0 Å². The van der Waals surface area contributed by atoms with Gasteiger partial charge in [-0.25, -0.2) is 5.01 Å². The van der Waals surface area contributed by atoms with Crippen LogP contribution in [0.2, 0.25) is 0 Å². The van der Waals surface area contributed by atoms with Crippen molar-refractivity contribution in [3.05, 3.63) is 83.4 Å². The average Bonchev–Trinajstić information content (AvgIpc) is 3.68. The molecule has 3 aromatic rings. The Hall–Kier alpha value is -4.31. The molecule has 3 aliphatic rings. The quantitative estimate of drug-likeness (QED) is 0.472. The number of nitrogens with one attached hydrogen (secondary N) is 1. The fourth-order valence-corrected chi connectivity index (χ4v) is 5.71. The van der Waals surface area contributed by atoms with Gasteiger partial charge in [-0.05, 0) is 54.4 Å². The van der Waals surface area contributed by atoms with Crippen LogP contribution in [-0.4, -0.2) is 46.9 Å². The Bertz CT molecular complexity index is 1490. The van der Waals surface area contributed by atoms with Crippen molar-refractivity contribution in [2.75, 3.05) is 19.2 Å². The molecule has 2 atom stereocenters. The second-order valence-corrected chi connectivity index (χ2v) is 10.6. The molecule has 3 aliphatic heterocycles. The minimum atomic E-state index is -0.632. The number of benzene rings is 3. The predicted molar refractivity (Wildman–Crippen MR) is 150 cm³/mol. The third-order valence-corrected chi connectivity index (χ3v) is 7.89. The Morgan fingerprint density at radius 2 is 1.85 bits per heavy atom.